The van der Waals surface area contributed by atoms with Crippen LogP contribution in [0.1, 0.15) is 0 Å². The molecule has 1 rings (SSSR count). The number of nitrogens with zero attached hydrogens (tertiary/aromatic N) is 2. The first-order valence-electron chi connectivity index (χ1n) is 4.41. The average molecular weight is 293 g/mol. The molecule has 1 aromatic heterocycles. The van der Waals surface area contributed by atoms with Crippen molar-refractivity contribution in [3.63, 3.8) is 0 Å². The zero-order chi connectivity index (χ0) is 13.7. The lowest BCUT2D eigenvalue weighted by Crippen LogP contribution is -2.35. The summed E-state index contributed by atoms with van der Waals surface area (Å²) in [6, 6.07) is 1.29. The predicted molar refractivity (Wildman–Crippen MR) is 63.8 cm³/mol. The number of nitrogens with one attached hydrogen (secondary N) is 2. The highest BCUT2D eigenvalue weighted by Gasteiger charge is 2.18. The number of alkyl halides is 1. The normalized spacial score (nSPS) is 9.67. The smallest absolute Gasteiger partial charge is 0.286 e. The molecule has 0 unspecified atom stereocenters. The molecule has 0 fully saturated rings. The number of hydrogen-bond donors (Lipinski definition) is 2. The molecule has 18 heavy (non-hydrogen) atoms. The van der Waals surface area contributed by atoms with Crippen molar-refractivity contribution >= 4 is 46.6 Å². The van der Waals surface area contributed by atoms with Crippen LogP contribution in [0.4, 0.5) is 16.3 Å². The first-order valence-corrected chi connectivity index (χ1v) is 5.33. The summed E-state index contributed by atoms with van der Waals surface area (Å²) in [5.41, 5.74) is -0.451. The van der Waals surface area contributed by atoms with E-state index in [1.54, 1.807) is 0 Å². The number of hydrogen-bond acceptors (Lipinski definition) is 5. The minimum atomic E-state index is -0.987. The molecule has 8 nitrogen and oxygen atoms in total. The number of rotatable bonds is 3. The number of imide groups is 1. The summed E-state index contributed by atoms with van der Waals surface area (Å²) < 4.78 is 0. The fourth-order valence-electron chi connectivity index (χ4n) is 0.966. The van der Waals surface area contributed by atoms with E-state index in [-0.39, 0.29) is 11.0 Å². The van der Waals surface area contributed by atoms with Crippen molar-refractivity contribution in [2.24, 2.45) is 0 Å². The van der Waals surface area contributed by atoms with Crippen LogP contribution >= 0.6 is 23.2 Å². The molecule has 0 aliphatic rings. The second-order valence-corrected chi connectivity index (χ2v) is 3.55. The first kappa shape index (κ1) is 14.1. The maximum atomic E-state index is 11.3. The van der Waals surface area contributed by atoms with Crippen LogP contribution in [0.15, 0.2) is 12.1 Å². The molecule has 0 radical (unpaired) electrons. The molecule has 10 heteroatoms. The summed E-state index contributed by atoms with van der Waals surface area (Å²) in [5, 5.41) is 14.5. The molecule has 96 valence electrons. The van der Waals surface area contributed by atoms with Crippen LogP contribution in [0.3, 0.4) is 0 Å². The van der Waals surface area contributed by atoms with Crippen molar-refractivity contribution in [3.8, 4) is 0 Å². The van der Waals surface area contributed by atoms with Crippen molar-refractivity contribution in [3.05, 3.63) is 27.4 Å². The molecule has 0 aliphatic heterocycles. The molecule has 3 amide bonds. The number of urea groups is 1. The summed E-state index contributed by atoms with van der Waals surface area (Å²) in [6.07, 6.45) is 0. The van der Waals surface area contributed by atoms with Crippen LogP contribution in [0.25, 0.3) is 0 Å². The SMILES string of the molecule is O=C(CCl)NC(=O)Nc1nc(Cl)ccc1[N+](=O)[O-]. The summed E-state index contributed by atoms with van der Waals surface area (Å²) in [4.78, 5) is 35.6. The van der Waals surface area contributed by atoms with Gasteiger partial charge in [0.15, 0.2) is 0 Å². The van der Waals surface area contributed by atoms with Crippen molar-refractivity contribution < 1.29 is 14.5 Å². The number of nitro groups is 1. The van der Waals surface area contributed by atoms with Crippen LogP contribution in [-0.2, 0) is 4.79 Å². The van der Waals surface area contributed by atoms with E-state index in [0.29, 0.717) is 0 Å². The topological polar surface area (TPSA) is 114 Å². The third-order valence-electron chi connectivity index (χ3n) is 1.64. The second kappa shape index (κ2) is 6.12. The van der Waals surface area contributed by atoms with Gasteiger partial charge in [-0.05, 0) is 6.07 Å². The van der Waals surface area contributed by atoms with Gasteiger partial charge in [-0.1, -0.05) is 11.6 Å². The van der Waals surface area contributed by atoms with E-state index >= 15 is 0 Å². The van der Waals surface area contributed by atoms with Gasteiger partial charge >= 0.3 is 11.7 Å². The van der Waals surface area contributed by atoms with Gasteiger partial charge in [-0.2, -0.15) is 0 Å². The van der Waals surface area contributed by atoms with Gasteiger partial charge < -0.3 is 0 Å². The highest BCUT2D eigenvalue weighted by molar-refractivity contribution is 6.29. The van der Waals surface area contributed by atoms with Crippen LogP contribution in [0.2, 0.25) is 5.15 Å². The Bertz CT molecular complexity index is 508. The Kier molecular flexibility index (Phi) is 4.81. The predicted octanol–water partition coefficient (Wildman–Crippen LogP) is 1.53. The Morgan fingerprint density at radius 3 is 2.67 bits per heavy atom. The quantitative estimate of drug-likeness (QED) is 0.379. The van der Waals surface area contributed by atoms with Crippen LogP contribution < -0.4 is 10.6 Å². The molecule has 1 aromatic rings. The fraction of sp³-hybridized carbons (Fsp3) is 0.125. The van der Waals surface area contributed by atoms with E-state index in [4.69, 9.17) is 23.2 Å². The molecule has 1 heterocycles. The highest BCUT2D eigenvalue weighted by atomic mass is 35.5. The highest BCUT2D eigenvalue weighted by Crippen LogP contribution is 2.23. The lowest BCUT2D eigenvalue weighted by molar-refractivity contribution is -0.384. The van der Waals surface area contributed by atoms with E-state index in [2.05, 4.69) is 4.98 Å². The first-order chi connectivity index (χ1) is 8.43. The number of carbonyl (C=O) groups excluding carboxylic acids is 2. The van der Waals surface area contributed by atoms with Gasteiger partial charge in [-0.15, -0.1) is 11.6 Å². The Labute approximate surface area is 110 Å². The molecule has 0 bridgehead atoms. The number of halogens is 2. The van der Waals surface area contributed by atoms with Gasteiger partial charge in [0.05, 0.1) is 4.92 Å². The molecule has 0 aromatic carbocycles. The maximum Gasteiger partial charge on any atom is 0.327 e. The lowest BCUT2D eigenvalue weighted by atomic mass is 10.4. The fourth-order valence-corrected chi connectivity index (χ4v) is 1.18. The molecule has 0 saturated carbocycles. The monoisotopic (exact) mass is 292 g/mol. The zero-order valence-corrected chi connectivity index (χ0v) is 10.2. The van der Waals surface area contributed by atoms with E-state index in [0.717, 1.165) is 6.07 Å². The van der Waals surface area contributed by atoms with Crippen LogP contribution in [-0.4, -0.2) is 27.7 Å². The minimum absolute atomic E-state index is 0.0421. The van der Waals surface area contributed by atoms with Gasteiger partial charge in [-0.3, -0.25) is 25.5 Å². The molecule has 0 saturated heterocycles. The summed E-state index contributed by atoms with van der Waals surface area (Å²) in [7, 11) is 0. The van der Waals surface area contributed by atoms with E-state index in [1.165, 1.54) is 6.07 Å². The lowest BCUT2D eigenvalue weighted by Gasteiger charge is -2.05. The summed E-state index contributed by atoms with van der Waals surface area (Å²) >= 11 is 10.7. The Balaban J connectivity index is 2.89. The number of aromatic nitrogens is 1. The van der Waals surface area contributed by atoms with Gasteiger partial charge in [-0.25, -0.2) is 9.78 Å². The maximum absolute atomic E-state index is 11.3. The molecule has 0 spiro atoms. The Hall–Kier alpha value is -1.93. The average Bonchev–Trinajstić information content (AvgIpc) is 2.28. The van der Waals surface area contributed by atoms with Gasteiger partial charge in [0, 0.05) is 6.07 Å². The van der Waals surface area contributed by atoms with Crippen LogP contribution in [0.5, 0.6) is 0 Å². The molecule has 2 N–H and O–H groups in total. The van der Waals surface area contributed by atoms with E-state index in [1.807, 2.05) is 10.6 Å². The van der Waals surface area contributed by atoms with Gasteiger partial charge in [0.2, 0.25) is 11.7 Å². The molecular formula is C8H6Cl2N4O4. The van der Waals surface area contributed by atoms with Crippen molar-refractivity contribution in [1.82, 2.24) is 10.3 Å². The number of anilines is 1. The third-order valence-corrected chi connectivity index (χ3v) is 2.10. The largest absolute Gasteiger partial charge is 0.327 e. The number of carbonyl (C=O) groups is 2. The van der Waals surface area contributed by atoms with Gasteiger partial charge in [0.25, 0.3) is 0 Å². The van der Waals surface area contributed by atoms with E-state index < -0.39 is 28.4 Å². The Morgan fingerprint density at radius 2 is 2.11 bits per heavy atom. The van der Waals surface area contributed by atoms with E-state index in [9.17, 15) is 19.7 Å². The molecular weight excluding hydrogens is 287 g/mol. The minimum Gasteiger partial charge on any atom is -0.286 e. The zero-order valence-electron chi connectivity index (χ0n) is 8.65. The summed E-state index contributed by atoms with van der Waals surface area (Å²) in [5.74, 6) is -1.54. The number of amides is 3. The van der Waals surface area contributed by atoms with Crippen molar-refractivity contribution in [2.45, 2.75) is 0 Å². The molecule has 0 aliphatic carbocycles. The van der Waals surface area contributed by atoms with Crippen LogP contribution in [0, 0.1) is 10.1 Å². The van der Waals surface area contributed by atoms with Crippen molar-refractivity contribution in [2.75, 3.05) is 11.2 Å². The second-order valence-electron chi connectivity index (χ2n) is 2.89. The van der Waals surface area contributed by atoms with Gasteiger partial charge in [0.1, 0.15) is 11.0 Å². The number of pyridine rings is 1. The third kappa shape index (κ3) is 3.82. The van der Waals surface area contributed by atoms with Crippen molar-refractivity contribution in [1.29, 1.82) is 0 Å². The molecule has 0 atom stereocenters. The Morgan fingerprint density at radius 1 is 1.44 bits per heavy atom. The summed E-state index contributed by atoms with van der Waals surface area (Å²) in [6.45, 7) is 0. The standard InChI is InChI=1S/C8H6Cl2N4O4/c9-3-6(15)12-8(16)13-7-4(14(17)18)1-2-5(10)11-7/h1-2H,3H2,(H2,11,12,13,15,16).